The number of ether oxygens (including phenoxy) is 1. The smallest absolute Gasteiger partial charge is 0.263 e. The minimum absolute atomic E-state index is 0.0387. The van der Waals surface area contributed by atoms with E-state index in [9.17, 15) is 13.2 Å². The molecule has 1 atom stereocenters. The number of carbonyl (C=O) groups excluding carboxylic acids is 1. The number of rotatable bonds is 7. The fourth-order valence-electron chi connectivity index (χ4n) is 4.58. The summed E-state index contributed by atoms with van der Waals surface area (Å²) < 4.78 is 35.4. The van der Waals surface area contributed by atoms with Crippen LogP contribution < -0.4 is 14.8 Å². The van der Waals surface area contributed by atoms with Crippen molar-refractivity contribution in [3.63, 3.8) is 0 Å². The molecule has 1 aliphatic rings. The molecule has 0 spiro atoms. The fraction of sp³-hybridized carbons (Fsp3) is 0.321. The van der Waals surface area contributed by atoms with E-state index in [0.29, 0.717) is 12.1 Å². The number of aryl methyl sites for hydroxylation is 1. The second-order valence-electron chi connectivity index (χ2n) is 9.26. The summed E-state index contributed by atoms with van der Waals surface area (Å²) in [6, 6.07) is 17.1. The van der Waals surface area contributed by atoms with Crippen LogP contribution in [0.1, 0.15) is 66.2 Å². The van der Waals surface area contributed by atoms with Crippen LogP contribution in [0.5, 0.6) is 5.75 Å². The molecule has 3 aromatic rings. The molecule has 3 aromatic carbocycles. The van der Waals surface area contributed by atoms with Crippen LogP contribution in [0.15, 0.2) is 65.6 Å². The van der Waals surface area contributed by atoms with E-state index in [0.717, 1.165) is 35.3 Å². The molecule has 2 N–H and O–H groups in total. The van der Waals surface area contributed by atoms with Crippen molar-refractivity contribution in [2.24, 2.45) is 0 Å². The van der Waals surface area contributed by atoms with Gasteiger partial charge in [-0.3, -0.25) is 9.52 Å². The molecule has 36 heavy (non-hydrogen) atoms. The zero-order chi connectivity index (χ0) is 26.1. The summed E-state index contributed by atoms with van der Waals surface area (Å²) in [7, 11) is -4.03. The van der Waals surface area contributed by atoms with Gasteiger partial charge in [-0.05, 0) is 68.1 Å². The Morgan fingerprint density at radius 3 is 2.50 bits per heavy atom. The molecule has 0 fully saturated rings. The maximum absolute atomic E-state index is 13.3. The summed E-state index contributed by atoms with van der Waals surface area (Å²) in [5.41, 5.74) is 2.98. The maximum Gasteiger partial charge on any atom is 0.263 e. The van der Waals surface area contributed by atoms with E-state index in [4.69, 9.17) is 16.3 Å². The normalized spacial score (nSPS) is 16.5. The van der Waals surface area contributed by atoms with Gasteiger partial charge < -0.3 is 10.1 Å². The van der Waals surface area contributed by atoms with Crippen molar-refractivity contribution < 1.29 is 17.9 Å². The van der Waals surface area contributed by atoms with Crippen molar-refractivity contribution in [1.82, 2.24) is 5.32 Å². The lowest BCUT2D eigenvalue weighted by Crippen LogP contribution is -2.44. The highest BCUT2D eigenvalue weighted by Gasteiger charge is 2.39. The number of amides is 1. The van der Waals surface area contributed by atoms with Gasteiger partial charge in [0, 0.05) is 17.5 Å². The van der Waals surface area contributed by atoms with Gasteiger partial charge in [-0.2, -0.15) is 0 Å². The van der Waals surface area contributed by atoms with E-state index in [2.05, 4.69) is 23.9 Å². The van der Waals surface area contributed by atoms with Gasteiger partial charge in [0.15, 0.2) is 0 Å². The van der Waals surface area contributed by atoms with Crippen LogP contribution in [0.2, 0.25) is 5.02 Å². The summed E-state index contributed by atoms with van der Waals surface area (Å²) in [4.78, 5) is 13.2. The van der Waals surface area contributed by atoms with Crippen LogP contribution in [0, 0.1) is 13.8 Å². The number of fused-ring (bicyclic) bond motifs is 1. The monoisotopic (exact) mass is 526 g/mol. The van der Waals surface area contributed by atoms with Gasteiger partial charge in [-0.25, -0.2) is 8.42 Å². The molecule has 6 nitrogen and oxygen atoms in total. The highest BCUT2D eigenvalue weighted by molar-refractivity contribution is 7.92. The van der Waals surface area contributed by atoms with Gasteiger partial charge in [0.1, 0.15) is 16.2 Å². The second kappa shape index (κ2) is 10.1. The van der Waals surface area contributed by atoms with Gasteiger partial charge in [0.2, 0.25) is 0 Å². The Bertz CT molecular complexity index is 1400. The lowest BCUT2D eigenvalue weighted by atomic mass is 9.83. The highest BCUT2D eigenvalue weighted by Crippen LogP contribution is 2.42. The van der Waals surface area contributed by atoms with Crippen molar-refractivity contribution in [3.8, 4) is 5.75 Å². The standard InChI is InChI=1S/C28H31ClN2O4S/c1-5-28(6-2)17-24(21-11-7-8-13-25(21)35-28)30-27(32)20-14-15-22(29)26(16-20)36(33,34)31-23-12-9-10-18(3)19(23)4/h7-16,24,31H,5-6,17H2,1-4H3,(H,30,32). The van der Waals surface area contributed by atoms with Gasteiger partial charge in [0.25, 0.3) is 15.9 Å². The molecule has 0 bridgehead atoms. The van der Waals surface area contributed by atoms with Crippen molar-refractivity contribution >= 4 is 33.2 Å². The Kier molecular flexibility index (Phi) is 7.34. The Hall–Kier alpha value is -3.03. The van der Waals surface area contributed by atoms with Crippen molar-refractivity contribution in [2.45, 2.75) is 63.5 Å². The SMILES string of the molecule is CCC1(CC)CC(NC(=O)c2ccc(Cl)c(S(=O)(=O)Nc3cccc(C)c3C)c2)c2ccccc2O1. The Morgan fingerprint density at radius 2 is 1.78 bits per heavy atom. The summed E-state index contributed by atoms with van der Waals surface area (Å²) in [5.74, 6) is 0.382. The molecule has 0 aliphatic carbocycles. The maximum atomic E-state index is 13.3. The summed E-state index contributed by atoms with van der Waals surface area (Å²) in [6.07, 6.45) is 2.23. The van der Waals surface area contributed by atoms with Crippen LogP contribution in [0.3, 0.4) is 0 Å². The number of halogens is 1. The van der Waals surface area contributed by atoms with Crippen LogP contribution in [-0.4, -0.2) is 19.9 Å². The van der Waals surface area contributed by atoms with E-state index in [-0.39, 0.29) is 33.0 Å². The van der Waals surface area contributed by atoms with E-state index in [1.807, 2.05) is 44.2 Å². The van der Waals surface area contributed by atoms with Crippen molar-refractivity contribution in [3.05, 3.63) is 87.9 Å². The number of sulfonamides is 1. The van der Waals surface area contributed by atoms with Crippen molar-refractivity contribution in [2.75, 3.05) is 4.72 Å². The largest absolute Gasteiger partial charge is 0.487 e. The predicted molar refractivity (Wildman–Crippen MR) is 143 cm³/mol. The number of anilines is 1. The molecule has 1 amide bonds. The van der Waals surface area contributed by atoms with Gasteiger partial charge in [0.05, 0.1) is 16.8 Å². The average molecular weight is 527 g/mol. The first-order valence-corrected chi connectivity index (χ1v) is 13.9. The van der Waals surface area contributed by atoms with Crippen LogP contribution in [0.4, 0.5) is 5.69 Å². The number of benzene rings is 3. The molecule has 0 radical (unpaired) electrons. The molecule has 1 aliphatic heterocycles. The molecule has 8 heteroatoms. The van der Waals surface area contributed by atoms with Crippen LogP contribution in [0.25, 0.3) is 0 Å². The third-order valence-electron chi connectivity index (χ3n) is 7.12. The third kappa shape index (κ3) is 5.08. The molecule has 0 saturated carbocycles. The molecule has 1 heterocycles. The van der Waals surface area contributed by atoms with Gasteiger partial charge in [-0.15, -0.1) is 0 Å². The van der Waals surface area contributed by atoms with Gasteiger partial charge in [-0.1, -0.05) is 55.8 Å². The van der Waals surface area contributed by atoms with Gasteiger partial charge >= 0.3 is 0 Å². The predicted octanol–water partition coefficient (Wildman–Crippen LogP) is 6.57. The average Bonchev–Trinajstić information content (AvgIpc) is 2.86. The lowest BCUT2D eigenvalue weighted by molar-refractivity contribution is 0.0227. The minimum atomic E-state index is -4.03. The zero-order valence-electron chi connectivity index (χ0n) is 20.9. The number of hydrogen-bond acceptors (Lipinski definition) is 4. The molecule has 190 valence electrons. The third-order valence-corrected chi connectivity index (χ3v) is 8.97. The summed E-state index contributed by atoms with van der Waals surface area (Å²) >= 11 is 6.29. The molecule has 1 unspecified atom stereocenters. The van der Waals surface area contributed by atoms with Crippen LogP contribution in [-0.2, 0) is 10.0 Å². The first kappa shape index (κ1) is 26.0. The molecule has 0 aromatic heterocycles. The van der Waals surface area contributed by atoms with Crippen molar-refractivity contribution in [1.29, 1.82) is 0 Å². The quantitative estimate of drug-likeness (QED) is 0.364. The molecule has 4 rings (SSSR count). The molecular formula is C28H31ClN2O4S. The number of hydrogen-bond donors (Lipinski definition) is 2. The highest BCUT2D eigenvalue weighted by atomic mass is 35.5. The molecular weight excluding hydrogens is 496 g/mol. The number of para-hydroxylation sites is 1. The second-order valence-corrected chi connectivity index (χ2v) is 11.3. The van der Waals surface area contributed by atoms with E-state index in [1.165, 1.54) is 18.2 Å². The number of nitrogens with one attached hydrogen (secondary N) is 2. The van der Waals surface area contributed by atoms with E-state index >= 15 is 0 Å². The Labute approximate surface area is 218 Å². The fourth-order valence-corrected chi connectivity index (χ4v) is 6.23. The van der Waals surface area contributed by atoms with E-state index in [1.54, 1.807) is 12.1 Å². The molecule has 0 saturated heterocycles. The number of carbonyl (C=O) groups is 1. The lowest BCUT2D eigenvalue weighted by Gasteiger charge is -2.41. The Morgan fingerprint density at radius 1 is 1.06 bits per heavy atom. The first-order chi connectivity index (χ1) is 17.1. The summed E-state index contributed by atoms with van der Waals surface area (Å²) in [6.45, 7) is 7.91. The van der Waals surface area contributed by atoms with E-state index < -0.39 is 10.0 Å². The topological polar surface area (TPSA) is 84.5 Å². The Balaban J connectivity index is 1.63. The van der Waals surface area contributed by atoms with Crippen LogP contribution >= 0.6 is 11.6 Å². The zero-order valence-corrected chi connectivity index (χ0v) is 22.5. The summed E-state index contributed by atoms with van der Waals surface area (Å²) in [5, 5.41) is 3.14. The minimum Gasteiger partial charge on any atom is -0.487 e. The first-order valence-electron chi connectivity index (χ1n) is 12.1.